The van der Waals surface area contributed by atoms with Gasteiger partial charge in [0, 0.05) is 24.3 Å². The molecule has 1 aliphatic rings. The van der Waals surface area contributed by atoms with E-state index >= 15 is 0 Å². The van der Waals surface area contributed by atoms with Crippen LogP contribution in [0.2, 0.25) is 0 Å². The molecule has 2 atom stereocenters. The third kappa shape index (κ3) is 1.86. The lowest BCUT2D eigenvalue weighted by Gasteiger charge is -2.31. The number of nitrogen functional groups attached to an aromatic ring is 1. The van der Waals surface area contributed by atoms with Gasteiger partial charge in [0.15, 0.2) is 0 Å². The quantitative estimate of drug-likeness (QED) is 0.798. The molecular formula is C14H19N3O. The number of rotatable bonds is 2. The zero-order valence-corrected chi connectivity index (χ0v) is 10.4. The van der Waals surface area contributed by atoms with Gasteiger partial charge in [-0.25, -0.2) is 4.98 Å². The van der Waals surface area contributed by atoms with Crippen LogP contribution in [0, 0.1) is 5.92 Å². The average Bonchev–Trinajstić information content (AvgIpc) is 2.81. The highest BCUT2D eigenvalue weighted by Crippen LogP contribution is 2.35. The summed E-state index contributed by atoms with van der Waals surface area (Å²) in [6, 6.07) is 6.22. The van der Waals surface area contributed by atoms with Gasteiger partial charge in [0.05, 0.1) is 17.4 Å². The second-order valence-electron chi connectivity index (χ2n) is 5.19. The molecule has 2 aromatic rings. The highest BCUT2D eigenvalue weighted by Gasteiger charge is 2.26. The zero-order chi connectivity index (χ0) is 12.5. The molecule has 0 bridgehead atoms. The van der Waals surface area contributed by atoms with Gasteiger partial charge >= 0.3 is 0 Å². The molecule has 2 unspecified atom stereocenters. The molecule has 0 spiro atoms. The monoisotopic (exact) mass is 245 g/mol. The Labute approximate surface area is 106 Å². The van der Waals surface area contributed by atoms with E-state index in [1.807, 2.05) is 24.5 Å². The van der Waals surface area contributed by atoms with Crippen molar-refractivity contribution in [2.75, 3.05) is 12.3 Å². The molecule has 1 aromatic heterocycles. The molecule has 1 fully saturated rings. The molecule has 18 heavy (non-hydrogen) atoms. The van der Waals surface area contributed by atoms with Crippen LogP contribution in [0.4, 0.5) is 5.69 Å². The Morgan fingerprint density at radius 1 is 1.33 bits per heavy atom. The first kappa shape index (κ1) is 11.5. The first-order chi connectivity index (χ1) is 8.79. The summed E-state index contributed by atoms with van der Waals surface area (Å²) >= 11 is 0. The molecule has 1 heterocycles. The first-order valence-corrected chi connectivity index (χ1v) is 6.62. The SMILES string of the molecule is Nc1ccc2c(c1)ncn2C1CCCCC1CO. The minimum atomic E-state index is 0.263. The summed E-state index contributed by atoms with van der Waals surface area (Å²) in [5.74, 6) is 0.355. The standard InChI is InChI=1S/C14H19N3O/c15-11-5-6-14-12(7-11)16-9-17(14)13-4-2-1-3-10(13)8-18/h5-7,9-10,13,18H,1-4,8,15H2. The van der Waals surface area contributed by atoms with Crippen molar-refractivity contribution >= 4 is 16.7 Å². The number of aromatic nitrogens is 2. The number of anilines is 1. The van der Waals surface area contributed by atoms with E-state index in [4.69, 9.17) is 5.73 Å². The second kappa shape index (κ2) is 4.61. The van der Waals surface area contributed by atoms with Crippen molar-refractivity contribution in [2.45, 2.75) is 31.7 Å². The average molecular weight is 245 g/mol. The van der Waals surface area contributed by atoms with Gasteiger partial charge in [-0.15, -0.1) is 0 Å². The molecule has 1 aliphatic carbocycles. The summed E-state index contributed by atoms with van der Waals surface area (Å²) in [4.78, 5) is 4.42. The molecule has 0 radical (unpaired) electrons. The molecule has 3 rings (SSSR count). The summed E-state index contributed by atoms with van der Waals surface area (Å²) in [6.07, 6.45) is 6.58. The molecule has 0 saturated heterocycles. The van der Waals surface area contributed by atoms with Crippen LogP contribution in [0.15, 0.2) is 24.5 Å². The Hall–Kier alpha value is -1.55. The minimum absolute atomic E-state index is 0.263. The van der Waals surface area contributed by atoms with E-state index in [9.17, 15) is 5.11 Å². The fourth-order valence-electron chi connectivity index (χ4n) is 3.08. The summed E-state index contributed by atoms with van der Waals surface area (Å²) in [5.41, 5.74) is 8.58. The summed E-state index contributed by atoms with van der Waals surface area (Å²) in [5, 5.41) is 9.52. The molecule has 0 amide bonds. The molecule has 96 valence electrons. The van der Waals surface area contributed by atoms with Gasteiger partial charge in [-0.3, -0.25) is 0 Å². The Balaban J connectivity index is 2.02. The smallest absolute Gasteiger partial charge is 0.0961 e. The minimum Gasteiger partial charge on any atom is -0.399 e. The van der Waals surface area contributed by atoms with Crippen LogP contribution in [0.5, 0.6) is 0 Å². The predicted octanol–water partition coefficient (Wildman–Crippen LogP) is 2.34. The predicted molar refractivity (Wildman–Crippen MR) is 72.2 cm³/mol. The number of hydrogen-bond donors (Lipinski definition) is 2. The van der Waals surface area contributed by atoms with E-state index in [-0.39, 0.29) is 6.61 Å². The number of nitrogens with zero attached hydrogens (tertiary/aromatic N) is 2. The Kier molecular flexibility index (Phi) is 2.96. The van der Waals surface area contributed by atoms with Crippen LogP contribution < -0.4 is 5.73 Å². The van der Waals surface area contributed by atoms with E-state index in [1.54, 1.807) is 0 Å². The van der Waals surface area contributed by atoms with Crippen LogP contribution in [0.25, 0.3) is 11.0 Å². The Morgan fingerprint density at radius 2 is 2.17 bits per heavy atom. The van der Waals surface area contributed by atoms with Crippen molar-refractivity contribution in [3.05, 3.63) is 24.5 Å². The van der Waals surface area contributed by atoms with E-state index in [2.05, 4.69) is 9.55 Å². The third-order valence-electron chi connectivity index (χ3n) is 4.06. The van der Waals surface area contributed by atoms with Gasteiger partial charge in [0.1, 0.15) is 0 Å². The Bertz CT molecular complexity index is 549. The third-order valence-corrected chi connectivity index (χ3v) is 4.06. The number of fused-ring (bicyclic) bond motifs is 1. The lowest BCUT2D eigenvalue weighted by Crippen LogP contribution is -2.25. The highest BCUT2D eigenvalue weighted by molar-refractivity contribution is 5.79. The molecule has 1 saturated carbocycles. The number of benzene rings is 1. The largest absolute Gasteiger partial charge is 0.399 e. The van der Waals surface area contributed by atoms with Gasteiger partial charge in [-0.2, -0.15) is 0 Å². The maximum absolute atomic E-state index is 9.52. The Morgan fingerprint density at radius 3 is 3.00 bits per heavy atom. The summed E-state index contributed by atoms with van der Waals surface area (Å²) < 4.78 is 2.22. The maximum atomic E-state index is 9.52. The van der Waals surface area contributed by atoms with Crippen molar-refractivity contribution in [3.63, 3.8) is 0 Å². The van der Waals surface area contributed by atoms with Gasteiger partial charge in [0.25, 0.3) is 0 Å². The highest BCUT2D eigenvalue weighted by atomic mass is 16.3. The van der Waals surface area contributed by atoms with Crippen LogP contribution >= 0.6 is 0 Å². The number of aliphatic hydroxyl groups excluding tert-OH is 1. The molecule has 4 heteroatoms. The number of hydrogen-bond acceptors (Lipinski definition) is 3. The van der Waals surface area contributed by atoms with Crippen LogP contribution in [-0.4, -0.2) is 21.3 Å². The van der Waals surface area contributed by atoms with Crippen LogP contribution in [0.1, 0.15) is 31.7 Å². The summed E-state index contributed by atoms with van der Waals surface area (Å²) in [7, 11) is 0. The molecule has 4 nitrogen and oxygen atoms in total. The molecule has 3 N–H and O–H groups in total. The topological polar surface area (TPSA) is 64.1 Å². The van der Waals surface area contributed by atoms with Crippen molar-refractivity contribution in [1.29, 1.82) is 0 Å². The molecule has 0 aliphatic heterocycles. The van der Waals surface area contributed by atoms with Gasteiger partial charge in [-0.1, -0.05) is 12.8 Å². The van der Waals surface area contributed by atoms with Crippen molar-refractivity contribution in [2.24, 2.45) is 5.92 Å². The van der Waals surface area contributed by atoms with Gasteiger partial charge in [-0.05, 0) is 31.0 Å². The van der Waals surface area contributed by atoms with Crippen LogP contribution in [-0.2, 0) is 0 Å². The second-order valence-corrected chi connectivity index (χ2v) is 5.19. The van der Waals surface area contributed by atoms with E-state index in [0.29, 0.717) is 12.0 Å². The lowest BCUT2D eigenvalue weighted by atomic mass is 9.85. The normalized spacial score (nSPS) is 24.5. The fourth-order valence-corrected chi connectivity index (χ4v) is 3.08. The zero-order valence-electron chi connectivity index (χ0n) is 10.4. The van der Waals surface area contributed by atoms with E-state index < -0.39 is 0 Å². The molecule has 1 aromatic carbocycles. The van der Waals surface area contributed by atoms with E-state index in [0.717, 1.165) is 29.6 Å². The fraction of sp³-hybridized carbons (Fsp3) is 0.500. The first-order valence-electron chi connectivity index (χ1n) is 6.62. The number of aliphatic hydroxyl groups is 1. The van der Waals surface area contributed by atoms with Gasteiger partial charge < -0.3 is 15.4 Å². The van der Waals surface area contributed by atoms with Crippen molar-refractivity contribution in [3.8, 4) is 0 Å². The van der Waals surface area contributed by atoms with Crippen LogP contribution in [0.3, 0.4) is 0 Å². The van der Waals surface area contributed by atoms with Gasteiger partial charge in [0.2, 0.25) is 0 Å². The van der Waals surface area contributed by atoms with E-state index in [1.165, 1.54) is 12.8 Å². The number of nitrogens with two attached hydrogens (primary N) is 1. The van der Waals surface area contributed by atoms with Crippen molar-refractivity contribution in [1.82, 2.24) is 9.55 Å². The number of imidazole rings is 1. The lowest BCUT2D eigenvalue weighted by molar-refractivity contribution is 0.140. The summed E-state index contributed by atoms with van der Waals surface area (Å²) in [6.45, 7) is 0.263. The van der Waals surface area contributed by atoms with Crippen molar-refractivity contribution < 1.29 is 5.11 Å². The maximum Gasteiger partial charge on any atom is 0.0961 e. The molecular weight excluding hydrogens is 226 g/mol.